The van der Waals surface area contributed by atoms with Crippen LogP contribution in [0.3, 0.4) is 0 Å². The van der Waals surface area contributed by atoms with Crippen LogP contribution in [0.15, 0.2) is 11.4 Å². The molecule has 6 heteroatoms. The number of nitro groups is 1. The van der Waals surface area contributed by atoms with Crippen LogP contribution >= 0.6 is 11.3 Å². The van der Waals surface area contributed by atoms with Crippen LogP contribution in [0.2, 0.25) is 0 Å². The summed E-state index contributed by atoms with van der Waals surface area (Å²) in [7, 11) is 0. The molecule has 0 aliphatic rings. The fraction of sp³-hybridized carbons (Fsp3) is 0.429. The van der Waals surface area contributed by atoms with Gasteiger partial charge in [0.05, 0.1) is 11.5 Å². The van der Waals surface area contributed by atoms with Crippen molar-refractivity contribution in [2.45, 2.75) is 13.0 Å². The summed E-state index contributed by atoms with van der Waals surface area (Å²) >= 11 is 1.07. The Morgan fingerprint density at radius 1 is 1.85 bits per heavy atom. The van der Waals surface area contributed by atoms with Gasteiger partial charge >= 0.3 is 5.00 Å². The number of nitrogens with zero attached hydrogens (tertiary/aromatic N) is 1. The highest BCUT2D eigenvalue weighted by atomic mass is 32.1. The van der Waals surface area contributed by atoms with E-state index in [0.717, 1.165) is 11.3 Å². The van der Waals surface area contributed by atoms with Crippen LogP contribution in [-0.4, -0.2) is 22.7 Å². The van der Waals surface area contributed by atoms with Crippen molar-refractivity contribution in [1.29, 1.82) is 0 Å². The molecule has 1 heterocycles. The largest absolute Gasteiger partial charge is 0.394 e. The molecule has 2 N–H and O–H groups in total. The second kappa shape index (κ2) is 4.20. The summed E-state index contributed by atoms with van der Waals surface area (Å²) in [5.74, 6) is 0. The zero-order valence-corrected chi connectivity index (χ0v) is 7.87. The molecule has 0 saturated heterocycles. The predicted molar refractivity (Wildman–Crippen MR) is 51.1 cm³/mol. The monoisotopic (exact) mass is 202 g/mol. The van der Waals surface area contributed by atoms with Gasteiger partial charge in [-0.05, 0) is 18.4 Å². The lowest BCUT2D eigenvalue weighted by molar-refractivity contribution is -0.379. The molecule has 0 fully saturated rings. The van der Waals surface area contributed by atoms with Gasteiger partial charge in [-0.15, -0.1) is 0 Å². The van der Waals surface area contributed by atoms with E-state index in [-0.39, 0.29) is 17.6 Å². The summed E-state index contributed by atoms with van der Waals surface area (Å²) in [6.45, 7) is 1.70. The van der Waals surface area contributed by atoms with Crippen LogP contribution in [0.25, 0.3) is 0 Å². The zero-order chi connectivity index (χ0) is 9.84. The average Bonchev–Trinajstić information content (AvgIpc) is 2.52. The van der Waals surface area contributed by atoms with Crippen LogP contribution in [0.1, 0.15) is 6.92 Å². The third kappa shape index (κ3) is 2.40. The molecule has 1 unspecified atom stereocenters. The van der Waals surface area contributed by atoms with E-state index in [9.17, 15) is 10.1 Å². The molecule has 0 aliphatic carbocycles. The minimum absolute atomic E-state index is 0.0486. The van der Waals surface area contributed by atoms with Gasteiger partial charge in [0.25, 0.3) is 0 Å². The maximum atomic E-state index is 10.5. The van der Waals surface area contributed by atoms with Gasteiger partial charge in [0.2, 0.25) is 0 Å². The van der Waals surface area contributed by atoms with Gasteiger partial charge in [0.15, 0.2) is 0 Å². The number of aliphatic hydroxyl groups is 1. The Bertz CT molecular complexity index is 300. The van der Waals surface area contributed by atoms with Crippen molar-refractivity contribution >= 4 is 22.0 Å². The summed E-state index contributed by atoms with van der Waals surface area (Å²) in [5.41, 5.74) is 0.469. The second-order valence-corrected chi connectivity index (χ2v) is 3.52. The van der Waals surface area contributed by atoms with Gasteiger partial charge in [0.1, 0.15) is 5.69 Å². The molecule has 1 atom stereocenters. The highest BCUT2D eigenvalue weighted by Crippen LogP contribution is 2.30. The number of hydrogen-bond donors (Lipinski definition) is 2. The van der Waals surface area contributed by atoms with E-state index >= 15 is 0 Å². The fourth-order valence-electron chi connectivity index (χ4n) is 0.864. The molecular weight excluding hydrogens is 192 g/mol. The average molecular weight is 202 g/mol. The van der Waals surface area contributed by atoms with Crippen LogP contribution < -0.4 is 5.32 Å². The maximum absolute atomic E-state index is 10.5. The zero-order valence-electron chi connectivity index (χ0n) is 7.06. The number of nitrogens with one attached hydrogen (secondary N) is 1. The topological polar surface area (TPSA) is 75.4 Å². The van der Waals surface area contributed by atoms with E-state index in [4.69, 9.17) is 5.11 Å². The number of hydrogen-bond acceptors (Lipinski definition) is 5. The Kier molecular flexibility index (Phi) is 3.21. The molecule has 0 radical (unpaired) electrons. The van der Waals surface area contributed by atoms with E-state index < -0.39 is 4.92 Å². The van der Waals surface area contributed by atoms with Crippen molar-refractivity contribution in [3.8, 4) is 0 Å². The first-order valence-electron chi connectivity index (χ1n) is 3.74. The van der Waals surface area contributed by atoms with Gasteiger partial charge in [-0.25, -0.2) is 0 Å². The Labute approximate surface area is 79.2 Å². The lowest BCUT2D eigenvalue weighted by Crippen LogP contribution is -2.19. The molecule has 0 spiro atoms. The first-order chi connectivity index (χ1) is 6.15. The van der Waals surface area contributed by atoms with Crippen LogP contribution in [0, 0.1) is 10.1 Å². The molecular formula is C7H10N2O3S. The standard InChI is InChI=1S/C7H10N2O3S/c1-5(4-10)8-6-2-3-13-7(6)9(11)12/h2-3,5,8,10H,4H2,1H3. The number of aliphatic hydroxyl groups excluding tert-OH is 1. The lowest BCUT2D eigenvalue weighted by atomic mass is 10.3. The highest BCUT2D eigenvalue weighted by molar-refractivity contribution is 7.14. The maximum Gasteiger partial charge on any atom is 0.347 e. The molecule has 1 aromatic heterocycles. The Morgan fingerprint density at radius 3 is 3.08 bits per heavy atom. The van der Waals surface area contributed by atoms with Crippen molar-refractivity contribution in [2.75, 3.05) is 11.9 Å². The summed E-state index contributed by atoms with van der Waals surface area (Å²) in [4.78, 5) is 10.0. The van der Waals surface area contributed by atoms with Crippen molar-refractivity contribution in [3.63, 3.8) is 0 Å². The highest BCUT2D eigenvalue weighted by Gasteiger charge is 2.16. The van der Waals surface area contributed by atoms with Gasteiger partial charge in [-0.1, -0.05) is 11.3 Å². The Balaban J connectivity index is 2.76. The smallest absolute Gasteiger partial charge is 0.347 e. The van der Waals surface area contributed by atoms with Crippen LogP contribution in [0.5, 0.6) is 0 Å². The van der Waals surface area contributed by atoms with E-state index in [0.29, 0.717) is 5.69 Å². The molecule has 1 rings (SSSR count). The first-order valence-corrected chi connectivity index (χ1v) is 4.62. The van der Waals surface area contributed by atoms with Crippen molar-refractivity contribution in [2.24, 2.45) is 0 Å². The van der Waals surface area contributed by atoms with Crippen molar-refractivity contribution in [3.05, 3.63) is 21.6 Å². The molecule has 0 saturated carbocycles. The summed E-state index contributed by atoms with van der Waals surface area (Å²) in [6.07, 6.45) is 0. The first kappa shape index (κ1) is 9.94. The number of rotatable bonds is 4. The minimum Gasteiger partial charge on any atom is -0.394 e. The van der Waals surface area contributed by atoms with E-state index in [1.807, 2.05) is 0 Å². The quantitative estimate of drug-likeness (QED) is 0.572. The number of thiophene rings is 1. The molecule has 0 aromatic carbocycles. The fourth-order valence-corrected chi connectivity index (χ4v) is 1.54. The predicted octanol–water partition coefficient (Wildman–Crippen LogP) is 1.45. The molecule has 0 amide bonds. The Morgan fingerprint density at radius 2 is 2.54 bits per heavy atom. The van der Waals surface area contributed by atoms with E-state index in [1.54, 1.807) is 18.4 Å². The molecule has 0 bridgehead atoms. The normalized spacial score (nSPS) is 12.5. The molecule has 5 nitrogen and oxygen atoms in total. The lowest BCUT2D eigenvalue weighted by Gasteiger charge is -2.09. The van der Waals surface area contributed by atoms with Gasteiger partial charge in [-0.2, -0.15) is 0 Å². The van der Waals surface area contributed by atoms with Crippen LogP contribution in [0.4, 0.5) is 10.7 Å². The summed E-state index contributed by atoms with van der Waals surface area (Å²) in [6, 6.07) is 1.46. The SMILES string of the molecule is CC(CO)Nc1ccsc1[N+](=O)[O-]. The van der Waals surface area contributed by atoms with Crippen molar-refractivity contribution < 1.29 is 10.0 Å². The molecule has 13 heavy (non-hydrogen) atoms. The minimum atomic E-state index is -0.433. The van der Waals surface area contributed by atoms with E-state index in [2.05, 4.69) is 5.32 Å². The summed E-state index contributed by atoms with van der Waals surface area (Å²) in [5, 5.41) is 23.8. The summed E-state index contributed by atoms with van der Waals surface area (Å²) < 4.78 is 0. The molecule has 0 aliphatic heterocycles. The van der Waals surface area contributed by atoms with Gasteiger partial charge in [-0.3, -0.25) is 10.1 Å². The third-order valence-electron chi connectivity index (χ3n) is 1.49. The molecule has 1 aromatic rings. The molecule has 72 valence electrons. The van der Waals surface area contributed by atoms with Crippen LogP contribution in [-0.2, 0) is 0 Å². The van der Waals surface area contributed by atoms with E-state index in [1.165, 1.54) is 0 Å². The van der Waals surface area contributed by atoms with Crippen molar-refractivity contribution in [1.82, 2.24) is 0 Å². The van der Waals surface area contributed by atoms with Gasteiger partial charge in [0, 0.05) is 6.04 Å². The second-order valence-electron chi connectivity index (χ2n) is 2.62. The third-order valence-corrected chi connectivity index (χ3v) is 2.35. The van der Waals surface area contributed by atoms with Gasteiger partial charge < -0.3 is 10.4 Å². The number of anilines is 1. The Hall–Kier alpha value is -1.14.